The Morgan fingerprint density at radius 1 is 0.661 bits per heavy atom. The Morgan fingerprint density at radius 2 is 1.15 bits per heavy atom. The van der Waals surface area contributed by atoms with Crippen LogP contribution in [0.25, 0.3) is 0 Å². The lowest BCUT2D eigenvalue weighted by molar-refractivity contribution is 0.242. The Balaban J connectivity index is 0.000000224. The molecule has 0 aliphatic rings. The van der Waals surface area contributed by atoms with Crippen molar-refractivity contribution in [2.45, 2.75) is 92.8 Å². The molecule has 1 N–H and O–H groups in total. The maximum atomic E-state index is 13.2. The third-order valence-corrected chi connectivity index (χ3v) is 9.38. The predicted octanol–water partition coefficient (Wildman–Crippen LogP) is 9.93. The van der Waals surface area contributed by atoms with Gasteiger partial charge < -0.3 is 14.8 Å². The summed E-state index contributed by atoms with van der Waals surface area (Å²) in [6.07, 6.45) is 1.74. The lowest BCUT2D eigenvalue weighted by Gasteiger charge is -2.18. The molecule has 2 heterocycles. The fourth-order valence-corrected chi connectivity index (χ4v) is 6.40. The van der Waals surface area contributed by atoms with Crippen molar-refractivity contribution in [3.05, 3.63) is 156 Å². The number of ether oxygens (including phenoxy) is 2. The first kappa shape index (κ1) is 44.6. The average Bonchev–Trinajstić information content (AvgIpc) is 3.17. The molecule has 59 heavy (non-hydrogen) atoms. The van der Waals surface area contributed by atoms with Crippen molar-refractivity contribution >= 4 is 52.7 Å². The van der Waals surface area contributed by atoms with Crippen molar-refractivity contribution in [1.82, 2.24) is 28.2 Å². The minimum atomic E-state index is -0.220. The van der Waals surface area contributed by atoms with Crippen molar-refractivity contribution < 1.29 is 9.47 Å². The van der Waals surface area contributed by atoms with Crippen LogP contribution < -0.4 is 31.8 Å². The summed E-state index contributed by atoms with van der Waals surface area (Å²) in [6, 6.07) is 29.6. The molecule has 0 spiro atoms. The second kappa shape index (κ2) is 20.5. The maximum absolute atomic E-state index is 13.2. The highest BCUT2D eigenvalue weighted by molar-refractivity contribution is 7.71. The Bertz CT molecular complexity index is 2560. The first-order valence-electron chi connectivity index (χ1n) is 19.3. The van der Waals surface area contributed by atoms with Gasteiger partial charge in [0.15, 0.2) is 0 Å². The summed E-state index contributed by atoms with van der Waals surface area (Å²) < 4.78 is 17.8. The smallest absolute Gasteiger partial charge is 0.333 e. The van der Waals surface area contributed by atoms with E-state index in [9.17, 15) is 9.59 Å². The molecule has 2 aromatic heterocycles. The summed E-state index contributed by atoms with van der Waals surface area (Å²) in [7, 11) is 0. The van der Waals surface area contributed by atoms with Gasteiger partial charge in [-0.3, -0.25) is 18.3 Å². The van der Waals surface area contributed by atoms with E-state index in [2.05, 4.69) is 20.3 Å². The van der Waals surface area contributed by atoms with E-state index in [-0.39, 0.29) is 40.4 Å². The molecule has 310 valence electrons. The molecule has 0 saturated carbocycles. The number of nitrogens with zero attached hydrogens (tertiary/aromatic N) is 7. The summed E-state index contributed by atoms with van der Waals surface area (Å²) in [6.45, 7) is 16.3. The number of hydrogen-bond acceptors (Lipinski definition) is 9. The largest absolute Gasteiger partial charge is 0.491 e. The Kier molecular flexibility index (Phi) is 15.5. The summed E-state index contributed by atoms with van der Waals surface area (Å²) in [4.78, 5) is 39.8. The fourth-order valence-electron chi connectivity index (χ4n) is 5.78. The third kappa shape index (κ3) is 12.5. The van der Waals surface area contributed by atoms with E-state index in [4.69, 9.17) is 44.9 Å². The normalized spacial score (nSPS) is 11.6. The van der Waals surface area contributed by atoms with Crippen LogP contribution >= 0.6 is 35.4 Å². The second-order valence-electron chi connectivity index (χ2n) is 14.8. The first-order chi connectivity index (χ1) is 28.1. The van der Waals surface area contributed by atoms with Crippen molar-refractivity contribution in [1.29, 1.82) is 0 Å². The SMILES string of the molecule is CC(C)Oc1ccc(N=c2ncn(C(C)C)c(=O)n2Cc2ccc(Cl)cc2)cc1.CC(C)Oc1ccc(Nc2nc(=S)n(C(C)C)c(=O)n2Cc2ccc(Cl)cc2)cc1. The second-order valence-corrected chi connectivity index (χ2v) is 16.0. The number of rotatable bonds is 13. The molecule has 0 unspecified atom stereocenters. The highest BCUT2D eigenvalue weighted by atomic mass is 35.5. The number of nitrogens with one attached hydrogen (secondary N) is 1. The van der Waals surface area contributed by atoms with E-state index >= 15 is 0 Å². The minimum absolute atomic E-state index is 0.00650. The first-order valence-corrected chi connectivity index (χ1v) is 20.5. The van der Waals surface area contributed by atoms with E-state index in [1.54, 1.807) is 44.3 Å². The number of anilines is 2. The lowest BCUT2D eigenvalue weighted by atomic mass is 10.2. The molecule has 4 aromatic carbocycles. The van der Waals surface area contributed by atoms with Crippen LogP contribution in [-0.2, 0) is 13.1 Å². The van der Waals surface area contributed by atoms with Gasteiger partial charge >= 0.3 is 11.4 Å². The molecule has 0 bridgehead atoms. The van der Waals surface area contributed by atoms with Crippen molar-refractivity contribution in [2.24, 2.45) is 4.99 Å². The fraction of sp³-hybridized carbons (Fsp3) is 0.318. The zero-order valence-corrected chi connectivity index (χ0v) is 36.8. The van der Waals surface area contributed by atoms with Gasteiger partial charge in [-0.1, -0.05) is 47.5 Å². The lowest BCUT2D eigenvalue weighted by Crippen LogP contribution is -2.42. The third-order valence-electron chi connectivity index (χ3n) is 8.59. The molecule has 6 rings (SSSR count). The topological polar surface area (TPSA) is 122 Å². The number of aromatic nitrogens is 6. The zero-order chi connectivity index (χ0) is 42.8. The molecule has 6 aromatic rings. The van der Waals surface area contributed by atoms with Crippen molar-refractivity contribution in [2.75, 3.05) is 5.32 Å². The van der Waals surface area contributed by atoms with E-state index < -0.39 is 0 Å². The van der Waals surface area contributed by atoms with E-state index in [0.717, 1.165) is 28.3 Å². The summed E-state index contributed by atoms with van der Waals surface area (Å²) in [5.74, 6) is 1.93. The molecule has 12 nitrogen and oxygen atoms in total. The van der Waals surface area contributed by atoms with Crippen molar-refractivity contribution in [3.63, 3.8) is 0 Å². The van der Waals surface area contributed by atoms with Crippen LogP contribution in [0.3, 0.4) is 0 Å². The minimum Gasteiger partial charge on any atom is -0.491 e. The molecule has 0 aliphatic heterocycles. The van der Waals surface area contributed by atoms with Gasteiger partial charge in [0.2, 0.25) is 16.3 Å². The van der Waals surface area contributed by atoms with Crippen LogP contribution in [-0.4, -0.2) is 40.4 Å². The average molecular weight is 858 g/mol. The molecule has 0 amide bonds. The van der Waals surface area contributed by atoms with Crippen LogP contribution in [0.4, 0.5) is 17.3 Å². The van der Waals surface area contributed by atoms with E-state index in [1.165, 1.54) is 4.57 Å². The van der Waals surface area contributed by atoms with Gasteiger partial charge in [-0.15, -0.1) is 0 Å². The molecule has 0 fully saturated rings. The van der Waals surface area contributed by atoms with Crippen molar-refractivity contribution in [3.8, 4) is 11.5 Å². The molecule has 15 heteroatoms. The highest BCUT2D eigenvalue weighted by Gasteiger charge is 2.15. The van der Waals surface area contributed by atoms with Gasteiger partial charge in [0.25, 0.3) is 0 Å². The molecule has 0 saturated heterocycles. The van der Waals surface area contributed by atoms with Crippen LogP contribution in [0.1, 0.15) is 78.6 Å². The molecule has 0 radical (unpaired) electrons. The zero-order valence-electron chi connectivity index (χ0n) is 34.5. The Labute approximate surface area is 359 Å². The molecular weight excluding hydrogens is 808 g/mol. The summed E-state index contributed by atoms with van der Waals surface area (Å²) in [5.41, 5.74) is 3.31. The van der Waals surface area contributed by atoms with Crippen LogP contribution in [0, 0.1) is 4.77 Å². The maximum Gasteiger partial charge on any atom is 0.333 e. The number of halogens is 2. The quantitative estimate of drug-likeness (QED) is 0.114. The van der Waals surface area contributed by atoms with E-state index in [0.29, 0.717) is 40.4 Å². The van der Waals surface area contributed by atoms with Gasteiger partial charge in [-0.2, -0.15) is 4.98 Å². The Morgan fingerprint density at radius 3 is 1.63 bits per heavy atom. The predicted molar refractivity (Wildman–Crippen MR) is 239 cm³/mol. The summed E-state index contributed by atoms with van der Waals surface area (Å²) >= 11 is 17.4. The van der Waals surface area contributed by atoms with Gasteiger partial charge in [-0.25, -0.2) is 19.6 Å². The highest BCUT2D eigenvalue weighted by Crippen LogP contribution is 2.22. The summed E-state index contributed by atoms with van der Waals surface area (Å²) in [5, 5.41) is 4.52. The van der Waals surface area contributed by atoms with Crippen LogP contribution in [0.2, 0.25) is 10.0 Å². The van der Waals surface area contributed by atoms with Gasteiger partial charge in [0.1, 0.15) is 17.8 Å². The molecular formula is C44H50Cl2N8O4S. The van der Waals surface area contributed by atoms with Gasteiger partial charge in [-0.05, 0) is 152 Å². The number of benzene rings is 4. The van der Waals surface area contributed by atoms with Gasteiger partial charge in [0, 0.05) is 27.8 Å². The van der Waals surface area contributed by atoms with Crippen LogP contribution in [0.15, 0.2) is 118 Å². The van der Waals surface area contributed by atoms with Gasteiger partial charge in [0.05, 0.1) is 31.0 Å². The molecule has 0 atom stereocenters. The van der Waals surface area contributed by atoms with E-state index in [1.807, 2.05) is 128 Å². The number of hydrogen-bond donors (Lipinski definition) is 1. The Hall–Kier alpha value is -5.50. The molecule has 0 aliphatic carbocycles. The standard InChI is InChI=1S/C22H25ClN4O2S.C22H25ClN4O2/c1-14(2)27-21(30)25-20(24-18-9-11-19(12-10-18)29-15(3)4)26(22(27)28)13-16-5-7-17(23)8-6-16;1-15(2)27-14-24-21(25-19-9-11-20(12-10-19)29-16(3)4)26(22(27)28)13-17-5-7-18(23)8-6-17/h5-12,14-15H,13H2,1-4H3,(H,24,25,30);5-12,14-16H,13H2,1-4H3. The van der Waals surface area contributed by atoms with Crippen LogP contribution in [0.5, 0.6) is 11.5 Å². The monoisotopic (exact) mass is 856 g/mol.